The van der Waals surface area contributed by atoms with Crippen LogP contribution in [-0.4, -0.2) is 56.5 Å². The minimum Gasteiger partial charge on any atom is -0.336 e. The lowest BCUT2D eigenvalue weighted by Gasteiger charge is -2.34. The summed E-state index contributed by atoms with van der Waals surface area (Å²) in [7, 11) is 0. The van der Waals surface area contributed by atoms with E-state index in [1.54, 1.807) is 6.07 Å². The zero-order valence-corrected chi connectivity index (χ0v) is 20.5. The van der Waals surface area contributed by atoms with Crippen molar-refractivity contribution in [3.63, 3.8) is 0 Å². The van der Waals surface area contributed by atoms with Gasteiger partial charge in [-0.3, -0.25) is 14.5 Å². The summed E-state index contributed by atoms with van der Waals surface area (Å²) in [6.45, 7) is 5.36. The number of rotatable bonds is 4. The second kappa shape index (κ2) is 9.17. The Hall–Kier alpha value is -2.88. The van der Waals surface area contributed by atoms with E-state index in [4.69, 9.17) is 4.98 Å². The summed E-state index contributed by atoms with van der Waals surface area (Å²) in [5, 5.41) is 5.25. The molecule has 0 bridgehead atoms. The molecule has 2 aromatic heterocycles. The summed E-state index contributed by atoms with van der Waals surface area (Å²) in [6, 6.07) is 17.1. The molecule has 0 atom stereocenters. The Balaban J connectivity index is 1.28. The Morgan fingerprint density at radius 1 is 1.06 bits per heavy atom. The number of carbonyl (C=O) groups excluding carboxylic acids is 1. The number of fused-ring (bicyclic) bond motifs is 1. The molecule has 0 radical (unpaired) electrons. The maximum Gasteiger partial charge on any atom is 0.275 e. The molecule has 33 heavy (non-hydrogen) atoms. The van der Waals surface area contributed by atoms with Gasteiger partial charge in [0.25, 0.3) is 11.5 Å². The van der Waals surface area contributed by atoms with E-state index in [1.807, 2.05) is 54.3 Å². The molecule has 0 aliphatic carbocycles. The zero-order valence-electron chi connectivity index (χ0n) is 18.1. The average Bonchev–Trinajstić information content (AvgIpc) is 3.24. The van der Waals surface area contributed by atoms with Gasteiger partial charge in [0.1, 0.15) is 5.01 Å². The number of amides is 1. The normalized spacial score (nSPS) is 14.7. The first-order chi connectivity index (χ1) is 16.0. The fourth-order valence-electron chi connectivity index (χ4n) is 3.97. The molecule has 1 amide bonds. The van der Waals surface area contributed by atoms with Crippen molar-refractivity contribution in [2.45, 2.75) is 13.5 Å². The first-order valence-corrected chi connectivity index (χ1v) is 12.3. The molecule has 1 saturated heterocycles. The van der Waals surface area contributed by atoms with Gasteiger partial charge < -0.3 is 4.90 Å². The van der Waals surface area contributed by atoms with Crippen LogP contribution in [0.5, 0.6) is 0 Å². The smallest absolute Gasteiger partial charge is 0.275 e. The highest BCUT2D eigenvalue weighted by atomic mass is 79.9. The Bertz CT molecular complexity index is 1390. The Morgan fingerprint density at radius 2 is 1.85 bits per heavy atom. The van der Waals surface area contributed by atoms with Crippen molar-refractivity contribution in [1.82, 2.24) is 24.4 Å². The van der Waals surface area contributed by atoms with Gasteiger partial charge in [0.15, 0.2) is 0 Å². The molecule has 0 unspecified atom stereocenters. The number of aromatic nitrogens is 3. The molecule has 1 fully saturated rings. The predicted molar refractivity (Wildman–Crippen MR) is 133 cm³/mol. The first-order valence-electron chi connectivity index (χ1n) is 10.7. The van der Waals surface area contributed by atoms with E-state index >= 15 is 0 Å². The highest BCUT2D eigenvalue weighted by Gasteiger charge is 2.23. The largest absolute Gasteiger partial charge is 0.336 e. The third-order valence-electron chi connectivity index (χ3n) is 5.68. The topological polar surface area (TPSA) is 70.8 Å². The van der Waals surface area contributed by atoms with E-state index in [0.717, 1.165) is 39.4 Å². The van der Waals surface area contributed by atoms with Gasteiger partial charge >= 0.3 is 0 Å². The van der Waals surface area contributed by atoms with Gasteiger partial charge in [-0.25, -0.2) is 4.98 Å². The van der Waals surface area contributed by atoms with E-state index in [9.17, 15) is 9.59 Å². The molecule has 7 nitrogen and oxygen atoms in total. The molecular weight excluding hydrogens is 502 g/mol. The fourth-order valence-corrected chi connectivity index (χ4v) is 5.29. The minimum absolute atomic E-state index is 0.0436. The highest BCUT2D eigenvalue weighted by Crippen LogP contribution is 2.25. The Labute approximate surface area is 203 Å². The summed E-state index contributed by atoms with van der Waals surface area (Å²) >= 11 is 4.84. The molecule has 3 heterocycles. The fraction of sp³-hybridized carbons (Fsp3) is 0.250. The molecule has 1 aliphatic heterocycles. The summed E-state index contributed by atoms with van der Waals surface area (Å²) in [4.78, 5) is 34.8. The van der Waals surface area contributed by atoms with Crippen molar-refractivity contribution < 1.29 is 4.79 Å². The second-order valence-electron chi connectivity index (χ2n) is 8.14. The Morgan fingerprint density at radius 3 is 2.61 bits per heavy atom. The molecule has 168 valence electrons. The Kier molecular flexibility index (Phi) is 6.09. The number of halogens is 1. The number of hydrogen-bond donors (Lipinski definition) is 0. The van der Waals surface area contributed by atoms with Crippen LogP contribution in [0.15, 0.2) is 63.9 Å². The van der Waals surface area contributed by atoms with Crippen molar-refractivity contribution in [3.8, 4) is 10.6 Å². The van der Waals surface area contributed by atoms with Gasteiger partial charge in [-0.1, -0.05) is 57.1 Å². The van der Waals surface area contributed by atoms with Crippen molar-refractivity contribution in [1.29, 1.82) is 0 Å². The van der Waals surface area contributed by atoms with Crippen molar-refractivity contribution >= 4 is 38.1 Å². The molecule has 4 aromatic rings. The van der Waals surface area contributed by atoms with Crippen LogP contribution < -0.4 is 5.56 Å². The molecule has 1 aliphatic rings. The summed E-state index contributed by atoms with van der Waals surface area (Å²) in [5.74, 6) is 0.0436. The molecule has 2 aromatic carbocycles. The number of aryl methyl sites for hydroxylation is 1. The van der Waals surface area contributed by atoms with Crippen molar-refractivity contribution in [2.75, 3.05) is 26.2 Å². The van der Waals surface area contributed by atoms with Gasteiger partial charge in [-0.05, 0) is 31.2 Å². The molecule has 5 rings (SSSR count). The standard InChI is InChI=1S/C24H22BrN5O2S/c1-16-4-2-5-17(12-16)22-27-30-21(31)14-20(26-24(30)33-22)15-28-8-10-29(11-9-28)23(32)18-6-3-7-19(25)13-18/h2-7,12-14H,8-11,15H2,1H3. The third kappa shape index (κ3) is 4.75. The van der Waals surface area contributed by atoms with E-state index < -0.39 is 0 Å². The summed E-state index contributed by atoms with van der Waals surface area (Å²) in [5.41, 5.74) is 3.37. The van der Waals surface area contributed by atoms with Crippen LogP contribution in [0, 0.1) is 6.92 Å². The lowest BCUT2D eigenvalue weighted by atomic mass is 10.1. The van der Waals surface area contributed by atoms with Crippen LogP contribution in [0.4, 0.5) is 0 Å². The third-order valence-corrected chi connectivity index (χ3v) is 7.13. The zero-order chi connectivity index (χ0) is 22.9. The van der Waals surface area contributed by atoms with Gasteiger partial charge in [-0.15, -0.1) is 0 Å². The first kappa shape index (κ1) is 21.9. The van der Waals surface area contributed by atoms with Crippen LogP contribution in [0.1, 0.15) is 21.6 Å². The number of benzene rings is 2. The number of carbonyl (C=O) groups is 1. The number of piperazine rings is 1. The maximum atomic E-state index is 12.8. The quantitative estimate of drug-likeness (QED) is 0.406. The monoisotopic (exact) mass is 523 g/mol. The SMILES string of the molecule is Cc1cccc(-c2nn3c(=O)cc(CN4CCN(C(=O)c5cccc(Br)c5)CC4)nc3s2)c1. The maximum absolute atomic E-state index is 12.8. The molecule has 9 heteroatoms. The summed E-state index contributed by atoms with van der Waals surface area (Å²) < 4.78 is 2.27. The van der Waals surface area contributed by atoms with Crippen molar-refractivity contribution in [3.05, 3.63) is 86.2 Å². The van der Waals surface area contributed by atoms with Crippen LogP contribution in [0.25, 0.3) is 15.5 Å². The lowest BCUT2D eigenvalue weighted by Crippen LogP contribution is -2.48. The molecule has 0 saturated carbocycles. The van der Waals surface area contributed by atoms with Gasteiger partial charge in [0.05, 0.1) is 5.69 Å². The van der Waals surface area contributed by atoms with Crippen LogP contribution in [-0.2, 0) is 6.54 Å². The van der Waals surface area contributed by atoms with E-state index in [2.05, 4.69) is 32.0 Å². The number of hydrogen-bond acceptors (Lipinski definition) is 6. The van der Waals surface area contributed by atoms with Gasteiger partial charge in [-0.2, -0.15) is 9.61 Å². The van der Waals surface area contributed by atoms with Gasteiger partial charge in [0.2, 0.25) is 4.96 Å². The van der Waals surface area contributed by atoms with Crippen LogP contribution in [0.2, 0.25) is 0 Å². The molecule has 0 N–H and O–H groups in total. The van der Waals surface area contributed by atoms with Crippen molar-refractivity contribution in [2.24, 2.45) is 0 Å². The van der Waals surface area contributed by atoms with Crippen LogP contribution >= 0.6 is 27.3 Å². The average molecular weight is 524 g/mol. The van der Waals surface area contributed by atoms with E-state index in [-0.39, 0.29) is 11.5 Å². The second-order valence-corrected chi connectivity index (χ2v) is 10.0. The van der Waals surface area contributed by atoms with Gasteiger partial charge in [0, 0.05) is 54.4 Å². The minimum atomic E-state index is -0.173. The lowest BCUT2D eigenvalue weighted by molar-refractivity contribution is 0.0627. The molecule has 0 spiro atoms. The van der Waals surface area contributed by atoms with E-state index in [0.29, 0.717) is 30.2 Å². The number of nitrogens with zero attached hydrogens (tertiary/aromatic N) is 5. The molecular formula is C24H22BrN5O2S. The van der Waals surface area contributed by atoms with Crippen LogP contribution in [0.3, 0.4) is 0 Å². The van der Waals surface area contributed by atoms with E-state index in [1.165, 1.54) is 15.9 Å². The predicted octanol–water partition coefficient (Wildman–Crippen LogP) is 3.85. The highest BCUT2D eigenvalue weighted by molar-refractivity contribution is 9.10. The summed E-state index contributed by atoms with van der Waals surface area (Å²) in [6.07, 6.45) is 0.